The molecule has 2 aliphatic heterocycles. The van der Waals surface area contributed by atoms with E-state index in [-0.39, 0.29) is 34.4 Å². The number of phenolic OH excluding ortho intramolecular Hbond substituents is 1. The Morgan fingerprint density at radius 1 is 1.26 bits per heavy atom. The number of nitrogens with zero attached hydrogens (tertiary/aromatic N) is 1. The van der Waals surface area contributed by atoms with Crippen molar-refractivity contribution >= 4 is 11.8 Å². The van der Waals surface area contributed by atoms with Crippen molar-refractivity contribution in [2.45, 2.75) is 55.5 Å². The Morgan fingerprint density at radius 3 is 2.53 bits per heavy atom. The molecule has 2 N–H and O–H groups in total. The fourth-order valence-corrected chi connectivity index (χ4v) is 7.52. The van der Waals surface area contributed by atoms with Crippen LogP contribution in [0.3, 0.4) is 0 Å². The summed E-state index contributed by atoms with van der Waals surface area (Å²) in [6.45, 7) is 2.66. The van der Waals surface area contributed by atoms with E-state index in [2.05, 4.69) is 30.2 Å². The zero-order valence-electron chi connectivity index (χ0n) is 19.0. The fourth-order valence-electron chi connectivity index (χ4n) is 7.52. The number of likely N-dealkylation sites (tertiary alicyclic amines) is 1. The predicted octanol–water partition coefficient (Wildman–Crippen LogP) is 2.83. The van der Waals surface area contributed by atoms with E-state index in [0.29, 0.717) is 11.8 Å². The van der Waals surface area contributed by atoms with Gasteiger partial charge in [-0.25, -0.2) is 4.79 Å². The number of aliphatic carboxylic acids is 1. The van der Waals surface area contributed by atoms with E-state index in [4.69, 9.17) is 19.4 Å². The molecule has 6 aliphatic rings. The number of benzene rings is 1. The third kappa shape index (κ3) is 2.55. The van der Waals surface area contributed by atoms with Crippen LogP contribution in [0.4, 0.5) is 13.2 Å². The van der Waals surface area contributed by atoms with Crippen LogP contribution in [0.5, 0.6) is 11.5 Å². The number of aromatic hydroxyl groups is 1. The average molecular weight is 481 g/mol. The maximum Gasteiger partial charge on any atom is 0.490 e. The highest BCUT2D eigenvalue weighted by molar-refractivity contribution is 5.82. The summed E-state index contributed by atoms with van der Waals surface area (Å²) in [5.74, 6) is -2.00. The molecular weight excluding hydrogens is 455 g/mol. The average Bonchev–Trinajstić information content (AvgIpc) is 3.15. The van der Waals surface area contributed by atoms with Gasteiger partial charge in [-0.05, 0) is 51.4 Å². The van der Waals surface area contributed by atoms with Crippen molar-refractivity contribution in [3.63, 3.8) is 0 Å². The predicted molar refractivity (Wildman–Crippen MR) is 113 cm³/mol. The van der Waals surface area contributed by atoms with Crippen LogP contribution < -0.4 is 4.74 Å². The third-order valence-corrected chi connectivity index (χ3v) is 8.81. The first-order chi connectivity index (χ1) is 15.9. The molecule has 7 rings (SSSR count). The summed E-state index contributed by atoms with van der Waals surface area (Å²) in [4.78, 5) is 24.1. The maximum atomic E-state index is 12.7. The minimum absolute atomic E-state index is 0.158. The minimum atomic E-state index is -5.08. The molecular formula is C24H26F3NO6. The quantitative estimate of drug-likeness (QED) is 0.627. The lowest BCUT2D eigenvalue weighted by molar-refractivity contribution is -0.212. The monoisotopic (exact) mass is 481 g/mol. The van der Waals surface area contributed by atoms with Gasteiger partial charge in [0.25, 0.3) is 0 Å². The van der Waals surface area contributed by atoms with Crippen molar-refractivity contribution in [1.82, 2.24) is 4.90 Å². The van der Waals surface area contributed by atoms with Crippen LogP contribution in [0.1, 0.15) is 30.9 Å². The largest absolute Gasteiger partial charge is 0.504 e. The first kappa shape index (κ1) is 23.2. The van der Waals surface area contributed by atoms with Crippen LogP contribution in [0.2, 0.25) is 0 Å². The summed E-state index contributed by atoms with van der Waals surface area (Å²) in [6.07, 6.45) is 1.76. The molecule has 2 heterocycles. The Morgan fingerprint density at radius 2 is 1.94 bits per heavy atom. The molecule has 0 aromatic heterocycles. The highest BCUT2D eigenvalue weighted by Crippen LogP contribution is 2.74. The number of halogens is 3. The van der Waals surface area contributed by atoms with E-state index in [1.807, 2.05) is 0 Å². The van der Waals surface area contributed by atoms with Crippen molar-refractivity contribution in [3.05, 3.63) is 35.4 Å². The van der Waals surface area contributed by atoms with Crippen LogP contribution in [0.15, 0.2) is 24.3 Å². The summed E-state index contributed by atoms with van der Waals surface area (Å²) in [5.41, 5.74) is 1.30. The van der Waals surface area contributed by atoms with E-state index < -0.39 is 17.7 Å². The lowest BCUT2D eigenvalue weighted by atomic mass is 9.37. The Kier molecular flexibility index (Phi) is 4.75. The standard InChI is InChI=1S/C22H25NO4.C2HF3O2/c1-12(24)14-11-20-6-7-22(14,26-3)19-21(20)8-9-23(2)16(20)10-13-4-5-15(25)18(27-19)17(13)21;3-2(4,5)1(6)7/h4-7,14,16,19,25H,8-11H2,1-3H3;(H,6,7)/t14-,16-,19-,20-,21+,22+;/m1./s1. The Hall–Kier alpha value is -2.59. The zero-order valence-corrected chi connectivity index (χ0v) is 19.0. The number of likely N-dealkylation sites (N-methyl/N-ethyl adjacent to an activating group) is 1. The Bertz CT molecular complexity index is 1120. The van der Waals surface area contributed by atoms with Gasteiger partial charge in [0.1, 0.15) is 17.5 Å². The number of Topliss-reactive ketones (excluding diaryl/α,β-unsaturated/α-hetero) is 1. The number of ether oxygens (including phenoxy) is 2. The van der Waals surface area contributed by atoms with Crippen LogP contribution in [-0.4, -0.2) is 71.5 Å². The van der Waals surface area contributed by atoms with Gasteiger partial charge < -0.3 is 24.6 Å². The minimum Gasteiger partial charge on any atom is -0.504 e. The fraction of sp³-hybridized carbons (Fsp3) is 0.583. The van der Waals surface area contributed by atoms with Gasteiger partial charge in [-0.3, -0.25) is 4.79 Å². The van der Waals surface area contributed by atoms with Crippen molar-refractivity contribution in [3.8, 4) is 11.5 Å². The highest BCUT2D eigenvalue weighted by Gasteiger charge is 2.79. The number of hydrogen-bond donors (Lipinski definition) is 2. The number of phenols is 1. The van der Waals surface area contributed by atoms with Crippen molar-refractivity contribution < 1.29 is 42.4 Å². The molecule has 1 saturated carbocycles. The van der Waals surface area contributed by atoms with Gasteiger partial charge in [0.05, 0.1) is 11.3 Å². The van der Waals surface area contributed by atoms with Crippen LogP contribution in [0.25, 0.3) is 0 Å². The molecule has 0 unspecified atom stereocenters. The summed E-state index contributed by atoms with van der Waals surface area (Å²) in [5, 5.41) is 17.7. The summed E-state index contributed by atoms with van der Waals surface area (Å²) in [7, 11) is 3.89. The molecule has 0 amide bonds. The molecule has 184 valence electrons. The Balaban J connectivity index is 0.000000304. The summed E-state index contributed by atoms with van der Waals surface area (Å²) >= 11 is 0. The number of methoxy groups -OCH3 is 1. The molecule has 0 radical (unpaired) electrons. The number of ketones is 1. The van der Waals surface area contributed by atoms with Gasteiger partial charge in [0.2, 0.25) is 0 Å². The second kappa shape index (κ2) is 6.97. The van der Waals surface area contributed by atoms with E-state index in [1.165, 1.54) is 11.1 Å². The molecule has 4 bridgehead atoms. The number of hydrogen-bond acceptors (Lipinski definition) is 6. The molecule has 6 atom stereocenters. The molecule has 2 fully saturated rings. The van der Waals surface area contributed by atoms with Crippen molar-refractivity contribution in [2.24, 2.45) is 11.3 Å². The number of carbonyl (C=O) groups excluding carboxylic acids is 1. The third-order valence-electron chi connectivity index (χ3n) is 8.81. The van der Waals surface area contributed by atoms with E-state index in [0.717, 1.165) is 25.8 Å². The molecule has 1 aromatic rings. The lowest BCUT2D eigenvalue weighted by Crippen LogP contribution is -2.79. The van der Waals surface area contributed by atoms with Gasteiger partial charge in [-0.2, -0.15) is 13.2 Å². The lowest BCUT2D eigenvalue weighted by Gasteiger charge is -2.70. The Labute approximate surface area is 194 Å². The van der Waals surface area contributed by atoms with Crippen LogP contribution >= 0.6 is 0 Å². The second-order valence-electron chi connectivity index (χ2n) is 9.97. The van der Waals surface area contributed by atoms with Crippen LogP contribution in [0, 0.1) is 11.3 Å². The smallest absolute Gasteiger partial charge is 0.490 e. The molecule has 1 aromatic carbocycles. The number of alkyl halides is 3. The molecule has 10 heteroatoms. The first-order valence-electron chi connectivity index (χ1n) is 11.1. The van der Waals surface area contributed by atoms with Gasteiger partial charge in [0, 0.05) is 24.1 Å². The van der Waals surface area contributed by atoms with E-state index >= 15 is 0 Å². The SMILES string of the molecule is CO[C@@]12C=C[C@@]3(C[C@@H]1C(C)=O)[C@H]1Cc4ccc(O)c5c4[C@@]3(CCN1C)[C@H]2O5.O=C(O)C(F)(F)F. The number of rotatable bonds is 2. The summed E-state index contributed by atoms with van der Waals surface area (Å²) in [6, 6.07) is 4.15. The topological polar surface area (TPSA) is 96.3 Å². The molecule has 7 nitrogen and oxygen atoms in total. The molecule has 2 spiro atoms. The summed E-state index contributed by atoms with van der Waals surface area (Å²) < 4.78 is 44.4. The normalized spacial score (nSPS) is 38.5. The first-order valence-corrected chi connectivity index (χ1v) is 11.1. The van der Waals surface area contributed by atoms with Gasteiger partial charge >= 0.3 is 12.1 Å². The van der Waals surface area contributed by atoms with Gasteiger partial charge in [-0.1, -0.05) is 18.2 Å². The number of fused-ring (bicyclic) bond motifs is 1. The van der Waals surface area contributed by atoms with Gasteiger partial charge in [-0.15, -0.1) is 0 Å². The number of carboxylic acids is 1. The molecule has 4 aliphatic carbocycles. The molecule has 34 heavy (non-hydrogen) atoms. The zero-order chi connectivity index (χ0) is 24.8. The van der Waals surface area contributed by atoms with E-state index in [1.54, 1.807) is 20.1 Å². The number of carbonyl (C=O) groups is 2. The molecule has 1 saturated heterocycles. The highest BCUT2D eigenvalue weighted by atomic mass is 19.4. The van der Waals surface area contributed by atoms with Crippen molar-refractivity contribution in [1.29, 1.82) is 0 Å². The van der Waals surface area contributed by atoms with Crippen LogP contribution in [-0.2, 0) is 26.2 Å². The van der Waals surface area contributed by atoms with Crippen molar-refractivity contribution in [2.75, 3.05) is 20.7 Å². The van der Waals surface area contributed by atoms with E-state index in [9.17, 15) is 23.1 Å². The second-order valence-corrected chi connectivity index (χ2v) is 9.97. The van der Waals surface area contributed by atoms with Gasteiger partial charge in [0.15, 0.2) is 11.5 Å². The number of carboxylic acid groups (broad SMARTS) is 1. The maximum absolute atomic E-state index is 12.7. The number of piperidine rings is 1.